The van der Waals surface area contributed by atoms with Crippen LogP contribution < -0.4 is 10.0 Å². The second-order valence-electron chi connectivity index (χ2n) is 4.50. The van der Waals surface area contributed by atoms with Crippen molar-refractivity contribution < 1.29 is 8.42 Å². The molecule has 1 aromatic heterocycles. The first-order chi connectivity index (χ1) is 8.49. The SMILES string of the molecule is Cc1cc(S(=O)(=O)NCC[C@@H]2CCCN2)sc1Cl. The molecule has 1 saturated heterocycles. The van der Waals surface area contributed by atoms with Crippen molar-refractivity contribution >= 4 is 33.0 Å². The van der Waals surface area contributed by atoms with Crippen LogP contribution in [0.25, 0.3) is 0 Å². The molecule has 1 atom stereocenters. The number of aryl methyl sites for hydroxylation is 1. The molecule has 102 valence electrons. The summed E-state index contributed by atoms with van der Waals surface area (Å²) in [5.74, 6) is 0. The maximum absolute atomic E-state index is 12.0. The fraction of sp³-hybridized carbons (Fsp3) is 0.636. The number of thiophene rings is 1. The smallest absolute Gasteiger partial charge is 0.250 e. The van der Waals surface area contributed by atoms with E-state index in [1.165, 1.54) is 6.42 Å². The molecule has 1 aromatic rings. The van der Waals surface area contributed by atoms with Crippen LogP contribution in [0, 0.1) is 6.92 Å². The molecule has 0 bridgehead atoms. The quantitative estimate of drug-likeness (QED) is 0.876. The first kappa shape index (κ1) is 14.3. The van der Waals surface area contributed by atoms with Gasteiger partial charge in [0.2, 0.25) is 10.0 Å². The van der Waals surface area contributed by atoms with Crippen molar-refractivity contribution in [2.24, 2.45) is 0 Å². The molecule has 0 unspecified atom stereocenters. The van der Waals surface area contributed by atoms with E-state index < -0.39 is 10.0 Å². The van der Waals surface area contributed by atoms with Gasteiger partial charge in [-0.1, -0.05) is 11.6 Å². The topological polar surface area (TPSA) is 58.2 Å². The van der Waals surface area contributed by atoms with Gasteiger partial charge in [-0.2, -0.15) is 0 Å². The van der Waals surface area contributed by atoms with Gasteiger partial charge in [-0.15, -0.1) is 11.3 Å². The molecule has 18 heavy (non-hydrogen) atoms. The molecule has 0 saturated carbocycles. The lowest BCUT2D eigenvalue weighted by Crippen LogP contribution is -2.30. The van der Waals surface area contributed by atoms with Gasteiger partial charge in [0, 0.05) is 12.6 Å². The van der Waals surface area contributed by atoms with E-state index in [0.29, 0.717) is 21.1 Å². The fourth-order valence-corrected chi connectivity index (χ4v) is 4.81. The van der Waals surface area contributed by atoms with Crippen molar-refractivity contribution in [2.45, 2.75) is 36.4 Å². The van der Waals surface area contributed by atoms with E-state index in [2.05, 4.69) is 10.0 Å². The van der Waals surface area contributed by atoms with Gasteiger partial charge in [-0.25, -0.2) is 13.1 Å². The van der Waals surface area contributed by atoms with E-state index in [4.69, 9.17) is 11.6 Å². The Morgan fingerprint density at radius 3 is 2.94 bits per heavy atom. The molecule has 7 heteroatoms. The van der Waals surface area contributed by atoms with Crippen molar-refractivity contribution in [3.05, 3.63) is 16.0 Å². The zero-order valence-corrected chi connectivity index (χ0v) is 12.6. The third kappa shape index (κ3) is 3.45. The highest BCUT2D eigenvalue weighted by molar-refractivity contribution is 7.91. The van der Waals surface area contributed by atoms with Gasteiger partial charge in [-0.05, 0) is 44.4 Å². The highest BCUT2D eigenvalue weighted by Crippen LogP contribution is 2.29. The maximum atomic E-state index is 12.0. The zero-order valence-electron chi connectivity index (χ0n) is 10.2. The number of hydrogen-bond donors (Lipinski definition) is 2. The summed E-state index contributed by atoms with van der Waals surface area (Å²) in [6.07, 6.45) is 3.14. The van der Waals surface area contributed by atoms with Crippen molar-refractivity contribution in [3.63, 3.8) is 0 Å². The predicted molar refractivity (Wildman–Crippen MR) is 74.9 cm³/mol. The summed E-state index contributed by atoms with van der Waals surface area (Å²) in [5, 5.41) is 3.34. The van der Waals surface area contributed by atoms with Crippen LogP contribution in [0.5, 0.6) is 0 Å². The van der Waals surface area contributed by atoms with Crippen LogP contribution in [0.2, 0.25) is 4.34 Å². The summed E-state index contributed by atoms with van der Waals surface area (Å²) < 4.78 is 27.4. The molecule has 1 aliphatic heterocycles. The number of sulfonamides is 1. The van der Waals surface area contributed by atoms with Crippen molar-refractivity contribution in [1.82, 2.24) is 10.0 Å². The normalized spacial score (nSPS) is 20.4. The van der Waals surface area contributed by atoms with E-state index in [1.54, 1.807) is 13.0 Å². The number of rotatable bonds is 5. The monoisotopic (exact) mass is 308 g/mol. The minimum Gasteiger partial charge on any atom is -0.314 e. The Hall–Kier alpha value is -0.140. The van der Waals surface area contributed by atoms with Crippen molar-refractivity contribution in [1.29, 1.82) is 0 Å². The summed E-state index contributed by atoms with van der Waals surface area (Å²) in [6.45, 7) is 3.31. The van der Waals surface area contributed by atoms with E-state index in [-0.39, 0.29) is 0 Å². The van der Waals surface area contributed by atoms with Gasteiger partial charge >= 0.3 is 0 Å². The van der Waals surface area contributed by atoms with Crippen LogP contribution in [0.1, 0.15) is 24.8 Å². The summed E-state index contributed by atoms with van der Waals surface area (Å²) in [7, 11) is -3.40. The molecule has 2 heterocycles. The summed E-state index contributed by atoms with van der Waals surface area (Å²) in [6, 6.07) is 2.06. The van der Waals surface area contributed by atoms with Gasteiger partial charge in [0.05, 0.1) is 4.34 Å². The molecular weight excluding hydrogens is 292 g/mol. The van der Waals surface area contributed by atoms with Crippen LogP contribution >= 0.6 is 22.9 Å². The molecule has 4 nitrogen and oxygen atoms in total. The third-order valence-corrected chi connectivity index (χ3v) is 6.54. The Bertz CT molecular complexity index is 488. The summed E-state index contributed by atoms with van der Waals surface area (Å²) in [5.41, 5.74) is 0.805. The highest BCUT2D eigenvalue weighted by atomic mass is 35.5. The maximum Gasteiger partial charge on any atom is 0.250 e. The predicted octanol–water partition coefficient (Wildman–Crippen LogP) is 2.13. The van der Waals surface area contributed by atoms with Crippen molar-refractivity contribution in [3.8, 4) is 0 Å². The second kappa shape index (κ2) is 5.88. The lowest BCUT2D eigenvalue weighted by molar-refractivity contribution is 0.540. The fourth-order valence-electron chi connectivity index (χ4n) is 2.01. The number of hydrogen-bond acceptors (Lipinski definition) is 4. The lowest BCUT2D eigenvalue weighted by Gasteiger charge is -2.10. The second-order valence-corrected chi connectivity index (χ2v) is 8.15. The molecule has 0 amide bonds. The molecule has 0 aliphatic carbocycles. The molecule has 2 N–H and O–H groups in total. The van der Waals surface area contributed by atoms with E-state index in [1.807, 2.05) is 0 Å². The molecule has 1 fully saturated rings. The Morgan fingerprint density at radius 2 is 2.39 bits per heavy atom. The van der Waals surface area contributed by atoms with Crippen LogP contribution in [-0.2, 0) is 10.0 Å². The van der Waals surface area contributed by atoms with Crippen LogP contribution in [0.3, 0.4) is 0 Å². The molecule has 0 spiro atoms. The summed E-state index contributed by atoms with van der Waals surface area (Å²) >= 11 is 6.99. The minimum absolute atomic E-state index is 0.296. The first-order valence-electron chi connectivity index (χ1n) is 5.98. The van der Waals surface area contributed by atoms with Crippen LogP contribution in [0.4, 0.5) is 0 Å². The van der Waals surface area contributed by atoms with Crippen LogP contribution in [0.15, 0.2) is 10.3 Å². The number of nitrogens with one attached hydrogen (secondary N) is 2. The molecule has 0 radical (unpaired) electrons. The standard InChI is InChI=1S/C11H17ClN2O2S2/c1-8-7-10(17-11(8)12)18(15,16)14-6-4-9-3-2-5-13-9/h7,9,13-14H,2-6H2,1H3/t9-/m0/s1. The third-order valence-electron chi connectivity index (χ3n) is 3.05. The summed E-state index contributed by atoms with van der Waals surface area (Å²) in [4.78, 5) is 0. The average molecular weight is 309 g/mol. The highest BCUT2D eigenvalue weighted by Gasteiger charge is 2.19. The number of halogens is 1. The van der Waals surface area contributed by atoms with Gasteiger partial charge in [-0.3, -0.25) is 0 Å². The van der Waals surface area contributed by atoms with Crippen molar-refractivity contribution in [2.75, 3.05) is 13.1 Å². The van der Waals surface area contributed by atoms with Gasteiger partial charge in [0.15, 0.2) is 0 Å². The average Bonchev–Trinajstić information content (AvgIpc) is 2.90. The van der Waals surface area contributed by atoms with Gasteiger partial charge in [0.25, 0.3) is 0 Å². The Kier molecular flexibility index (Phi) is 4.66. The van der Waals surface area contributed by atoms with E-state index >= 15 is 0 Å². The van der Waals surface area contributed by atoms with E-state index in [9.17, 15) is 8.42 Å². The van der Waals surface area contributed by atoms with Gasteiger partial charge < -0.3 is 5.32 Å². The molecular formula is C11H17ClN2O2S2. The lowest BCUT2D eigenvalue weighted by atomic mass is 10.2. The Labute approximate surface area is 117 Å². The molecule has 2 rings (SSSR count). The van der Waals surface area contributed by atoms with E-state index in [0.717, 1.165) is 36.3 Å². The Balaban J connectivity index is 1.90. The van der Waals surface area contributed by atoms with Crippen LogP contribution in [-0.4, -0.2) is 27.5 Å². The van der Waals surface area contributed by atoms with Gasteiger partial charge in [0.1, 0.15) is 4.21 Å². The first-order valence-corrected chi connectivity index (χ1v) is 8.66. The molecule has 0 aromatic carbocycles. The Morgan fingerprint density at radius 1 is 1.61 bits per heavy atom. The minimum atomic E-state index is -3.40. The zero-order chi connectivity index (χ0) is 13.2. The largest absolute Gasteiger partial charge is 0.314 e. The molecule has 1 aliphatic rings.